The first-order chi connectivity index (χ1) is 15.8. The summed E-state index contributed by atoms with van der Waals surface area (Å²) in [4.78, 5) is 0. The Kier molecular flexibility index (Phi) is 11.4. The van der Waals surface area contributed by atoms with Crippen molar-refractivity contribution in [2.75, 3.05) is 0 Å². The smallest absolute Gasteiger partial charge is 0.0283 e. The Labute approximate surface area is 216 Å². The Hall–Kier alpha value is -2.42. The van der Waals surface area contributed by atoms with Gasteiger partial charge in [0.05, 0.1) is 0 Å². The number of rotatable bonds is 6. The molecule has 0 amide bonds. The maximum Gasteiger partial charge on any atom is 0.0283 e. The standard InChI is InChI=1S/C22H22Br2.C9H10/c1-16(2)22(13-10-18-4-6-20(15-23)7-5-18)17(3)14-19-8-11-21(24)12-9-19;1-3-9-6-4-8(2)5-7-9/h4-14H,15H2,1-3H3;3-7H,1H2,2H3. The lowest BCUT2D eigenvalue weighted by Gasteiger charge is -2.07. The number of hydrogen-bond acceptors (Lipinski definition) is 0. The van der Waals surface area contributed by atoms with Gasteiger partial charge in [-0.25, -0.2) is 0 Å². The van der Waals surface area contributed by atoms with E-state index in [4.69, 9.17) is 0 Å². The molecule has 0 saturated heterocycles. The van der Waals surface area contributed by atoms with Gasteiger partial charge in [-0.2, -0.15) is 0 Å². The molecule has 0 atom stereocenters. The van der Waals surface area contributed by atoms with Crippen LogP contribution in [0, 0.1) is 6.92 Å². The minimum Gasteiger partial charge on any atom is -0.0985 e. The second kappa shape index (κ2) is 14.0. The van der Waals surface area contributed by atoms with E-state index in [9.17, 15) is 0 Å². The number of benzene rings is 3. The largest absolute Gasteiger partial charge is 0.0985 e. The fourth-order valence-corrected chi connectivity index (χ4v) is 3.82. The lowest BCUT2D eigenvalue weighted by Crippen LogP contribution is -1.86. The molecule has 0 spiro atoms. The van der Waals surface area contributed by atoms with Crippen molar-refractivity contribution >= 4 is 50.1 Å². The Bertz CT molecular complexity index is 1110. The number of alkyl halides is 1. The number of halogens is 2. The van der Waals surface area contributed by atoms with E-state index >= 15 is 0 Å². The van der Waals surface area contributed by atoms with Gasteiger partial charge in [0.2, 0.25) is 0 Å². The molecule has 0 heterocycles. The summed E-state index contributed by atoms with van der Waals surface area (Å²) < 4.78 is 1.10. The molecule has 0 aromatic heterocycles. The fraction of sp³-hybridized carbons (Fsp3) is 0.161. The van der Waals surface area contributed by atoms with E-state index in [2.05, 4.69) is 157 Å². The molecule has 0 aliphatic rings. The van der Waals surface area contributed by atoms with Crippen LogP contribution in [0.5, 0.6) is 0 Å². The van der Waals surface area contributed by atoms with Crippen LogP contribution in [-0.4, -0.2) is 0 Å². The fourth-order valence-electron chi connectivity index (χ4n) is 3.18. The highest BCUT2D eigenvalue weighted by atomic mass is 79.9. The summed E-state index contributed by atoms with van der Waals surface area (Å²) in [6.07, 6.45) is 8.47. The Morgan fingerprint density at radius 1 is 0.788 bits per heavy atom. The molecule has 3 aromatic carbocycles. The molecule has 3 aromatic rings. The first-order valence-corrected chi connectivity index (χ1v) is 12.9. The predicted octanol–water partition coefficient (Wildman–Crippen LogP) is 10.4. The van der Waals surface area contributed by atoms with Crippen LogP contribution in [0.15, 0.2) is 107 Å². The lowest BCUT2D eigenvalue weighted by atomic mass is 9.99. The normalized spacial score (nSPS) is 11.0. The molecule has 2 heteroatoms. The highest BCUT2D eigenvalue weighted by Crippen LogP contribution is 2.21. The summed E-state index contributed by atoms with van der Waals surface area (Å²) in [5.74, 6) is 0. The van der Waals surface area contributed by atoms with Gasteiger partial charge >= 0.3 is 0 Å². The third-order valence-electron chi connectivity index (χ3n) is 5.11. The maximum absolute atomic E-state index is 3.66. The summed E-state index contributed by atoms with van der Waals surface area (Å²) in [5.41, 5.74) is 10.1. The Morgan fingerprint density at radius 2 is 1.33 bits per heavy atom. The van der Waals surface area contributed by atoms with E-state index in [0.29, 0.717) is 0 Å². The molecule has 170 valence electrons. The van der Waals surface area contributed by atoms with Crippen LogP contribution in [0.25, 0.3) is 18.2 Å². The van der Waals surface area contributed by atoms with E-state index in [1.165, 1.54) is 44.5 Å². The third kappa shape index (κ3) is 9.53. The van der Waals surface area contributed by atoms with Crippen molar-refractivity contribution < 1.29 is 0 Å². The van der Waals surface area contributed by atoms with Crippen LogP contribution in [-0.2, 0) is 5.33 Å². The molecule has 0 nitrogen and oxygen atoms in total. The van der Waals surface area contributed by atoms with Gasteiger partial charge in [0.25, 0.3) is 0 Å². The van der Waals surface area contributed by atoms with Crippen molar-refractivity contribution in [3.8, 4) is 0 Å². The molecule has 33 heavy (non-hydrogen) atoms. The minimum absolute atomic E-state index is 0.894. The number of aryl methyl sites for hydroxylation is 1. The molecule has 0 radical (unpaired) electrons. The van der Waals surface area contributed by atoms with Crippen LogP contribution in [0.3, 0.4) is 0 Å². The number of allylic oxidation sites excluding steroid dienone is 4. The van der Waals surface area contributed by atoms with Crippen molar-refractivity contribution in [3.05, 3.63) is 134 Å². The summed E-state index contributed by atoms with van der Waals surface area (Å²) in [5, 5.41) is 0.894. The monoisotopic (exact) mass is 562 g/mol. The summed E-state index contributed by atoms with van der Waals surface area (Å²) in [6, 6.07) is 25.3. The molecule has 0 N–H and O–H groups in total. The van der Waals surface area contributed by atoms with Crippen LogP contribution in [0.1, 0.15) is 48.6 Å². The molecule has 0 unspecified atom stereocenters. The first kappa shape index (κ1) is 26.8. The van der Waals surface area contributed by atoms with E-state index in [-0.39, 0.29) is 0 Å². The molecule has 0 fully saturated rings. The molecule has 0 bridgehead atoms. The van der Waals surface area contributed by atoms with Crippen molar-refractivity contribution in [2.45, 2.75) is 33.0 Å². The molecule has 3 rings (SSSR count). The zero-order valence-corrected chi connectivity index (χ0v) is 23.1. The quantitative estimate of drug-likeness (QED) is 0.206. The average molecular weight is 564 g/mol. The van der Waals surface area contributed by atoms with Crippen LogP contribution in [0.4, 0.5) is 0 Å². The summed E-state index contributed by atoms with van der Waals surface area (Å²) in [7, 11) is 0. The second-order valence-corrected chi connectivity index (χ2v) is 9.59. The van der Waals surface area contributed by atoms with Crippen molar-refractivity contribution in [1.29, 1.82) is 0 Å². The second-order valence-electron chi connectivity index (χ2n) is 8.12. The predicted molar refractivity (Wildman–Crippen MR) is 156 cm³/mol. The average Bonchev–Trinajstić information content (AvgIpc) is 2.82. The zero-order chi connectivity index (χ0) is 24.2. The maximum atomic E-state index is 3.66. The SMILES string of the molecule is C=Cc1ccc(C)cc1.CC(=Cc1ccc(Br)cc1)C(C=Cc1ccc(CBr)cc1)=C(C)C. The molecule has 0 aliphatic carbocycles. The van der Waals surface area contributed by atoms with Crippen LogP contribution < -0.4 is 0 Å². The molecular formula is C31H32Br2. The van der Waals surface area contributed by atoms with E-state index in [0.717, 1.165) is 9.80 Å². The van der Waals surface area contributed by atoms with Gasteiger partial charge in [0, 0.05) is 9.80 Å². The van der Waals surface area contributed by atoms with E-state index in [1.54, 1.807) is 0 Å². The first-order valence-electron chi connectivity index (χ1n) is 11.0. The van der Waals surface area contributed by atoms with Gasteiger partial charge in [-0.3, -0.25) is 0 Å². The van der Waals surface area contributed by atoms with Gasteiger partial charge in [-0.15, -0.1) is 0 Å². The highest BCUT2D eigenvalue weighted by Gasteiger charge is 2.00. The zero-order valence-electron chi connectivity index (χ0n) is 19.9. The van der Waals surface area contributed by atoms with E-state index < -0.39 is 0 Å². The van der Waals surface area contributed by atoms with Crippen molar-refractivity contribution in [1.82, 2.24) is 0 Å². The lowest BCUT2D eigenvalue weighted by molar-refractivity contribution is 1.29. The molecule has 0 saturated carbocycles. The van der Waals surface area contributed by atoms with Gasteiger partial charge in [0.15, 0.2) is 0 Å². The van der Waals surface area contributed by atoms with Crippen LogP contribution in [0.2, 0.25) is 0 Å². The van der Waals surface area contributed by atoms with Gasteiger partial charge in [0.1, 0.15) is 0 Å². The van der Waals surface area contributed by atoms with Crippen LogP contribution >= 0.6 is 31.9 Å². The highest BCUT2D eigenvalue weighted by molar-refractivity contribution is 9.10. The van der Waals surface area contributed by atoms with Crippen molar-refractivity contribution in [3.63, 3.8) is 0 Å². The molecular weight excluding hydrogens is 532 g/mol. The van der Waals surface area contributed by atoms with Gasteiger partial charge in [-0.1, -0.05) is 135 Å². The summed E-state index contributed by atoms with van der Waals surface area (Å²) in [6.45, 7) is 12.2. The van der Waals surface area contributed by atoms with Gasteiger partial charge in [-0.05, 0) is 73.2 Å². The minimum atomic E-state index is 0.894. The van der Waals surface area contributed by atoms with Gasteiger partial charge < -0.3 is 0 Å². The Morgan fingerprint density at radius 3 is 1.85 bits per heavy atom. The van der Waals surface area contributed by atoms with Crippen molar-refractivity contribution in [2.24, 2.45) is 0 Å². The molecule has 0 aliphatic heterocycles. The number of hydrogen-bond donors (Lipinski definition) is 0. The Balaban J connectivity index is 0.000000357. The summed E-state index contributed by atoms with van der Waals surface area (Å²) >= 11 is 6.96. The topological polar surface area (TPSA) is 0 Å². The third-order valence-corrected chi connectivity index (χ3v) is 6.28. The van der Waals surface area contributed by atoms with E-state index in [1.807, 2.05) is 6.08 Å².